The Morgan fingerprint density at radius 2 is 1.41 bits per heavy atom. The number of hydrogen-bond donors (Lipinski definition) is 3. The zero-order valence-electron chi connectivity index (χ0n) is 25.6. The molecule has 0 heterocycles. The molecule has 0 bridgehead atoms. The summed E-state index contributed by atoms with van der Waals surface area (Å²) in [6.45, 7) is 6.96. The van der Waals surface area contributed by atoms with Crippen LogP contribution in [0.1, 0.15) is 38.1 Å². The zero-order chi connectivity index (χ0) is 34.4. The first-order chi connectivity index (χ1) is 21.4. The smallest absolute Gasteiger partial charge is 0.497 e. The number of urea groups is 1. The van der Waals surface area contributed by atoms with Crippen molar-refractivity contribution < 1.29 is 46.5 Å². The molecule has 10 nitrogen and oxygen atoms in total. The molecule has 248 valence electrons. The van der Waals surface area contributed by atoms with Crippen molar-refractivity contribution in [3.8, 4) is 22.6 Å². The summed E-state index contributed by atoms with van der Waals surface area (Å²) in [5.74, 6) is -1.58. The number of amides is 3. The van der Waals surface area contributed by atoms with Gasteiger partial charge in [-0.05, 0) is 63.1 Å². The lowest BCUT2D eigenvalue weighted by molar-refractivity contribution is -0.274. The average Bonchev–Trinajstić information content (AvgIpc) is 2.95. The van der Waals surface area contributed by atoms with E-state index in [1.165, 1.54) is 26.4 Å². The highest BCUT2D eigenvalue weighted by Gasteiger charge is 2.33. The first-order valence-corrected chi connectivity index (χ1v) is 14.3. The molecule has 3 aromatic rings. The normalized spacial score (nSPS) is 12.8. The second-order valence-corrected chi connectivity index (χ2v) is 11.6. The number of ether oxygens (including phenoxy) is 4. The zero-order valence-corrected chi connectivity index (χ0v) is 27.1. The van der Waals surface area contributed by atoms with Gasteiger partial charge in [-0.2, -0.15) is 0 Å². The summed E-state index contributed by atoms with van der Waals surface area (Å²) in [6.07, 6.45) is -5.79. The average molecular weight is 687 g/mol. The summed E-state index contributed by atoms with van der Waals surface area (Å²) in [5.41, 5.74) is 0.388. The molecule has 0 aliphatic carbocycles. The van der Waals surface area contributed by atoms with Crippen LogP contribution in [-0.4, -0.2) is 56.2 Å². The van der Waals surface area contributed by atoms with Crippen molar-refractivity contribution >= 4 is 52.5 Å². The van der Waals surface area contributed by atoms with E-state index < -0.39 is 47.8 Å². The predicted molar refractivity (Wildman–Crippen MR) is 168 cm³/mol. The molecule has 0 radical (unpaired) electrons. The van der Waals surface area contributed by atoms with Crippen molar-refractivity contribution in [1.82, 2.24) is 5.32 Å². The third-order valence-electron chi connectivity index (χ3n) is 6.17. The first kappa shape index (κ1) is 36.3. The topological polar surface area (TPSA) is 124 Å². The molecule has 46 heavy (non-hydrogen) atoms. The van der Waals surface area contributed by atoms with Crippen LogP contribution in [0.2, 0.25) is 10.0 Å². The molecule has 0 aliphatic heterocycles. The number of methoxy groups -OCH3 is 2. The van der Waals surface area contributed by atoms with Crippen LogP contribution in [0.25, 0.3) is 11.1 Å². The summed E-state index contributed by atoms with van der Waals surface area (Å²) in [7, 11) is 2.69. The van der Waals surface area contributed by atoms with Crippen molar-refractivity contribution in [3.63, 3.8) is 0 Å². The Morgan fingerprint density at radius 3 is 1.93 bits per heavy atom. The largest absolute Gasteiger partial charge is 0.573 e. The van der Waals surface area contributed by atoms with E-state index in [2.05, 4.69) is 20.7 Å². The van der Waals surface area contributed by atoms with Crippen molar-refractivity contribution in [2.45, 2.75) is 51.8 Å². The number of hydrogen-bond acceptors (Lipinski definition) is 7. The third-order valence-corrected chi connectivity index (χ3v) is 6.77. The van der Waals surface area contributed by atoms with E-state index >= 15 is 0 Å². The highest BCUT2D eigenvalue weighted by molar-refractivity contribution is 6.40. The molecule has 0 saturated heterocycles. The summed E-state index contributed by atoms with van der Waals surface area (Å²) >= 11 is 12.2. The van der Waals surface area contributed by atoms with Gasteiger partial charge < -0.3 is 34.9 Å². The maximum atomic E-state index is 13.6. The van der Waals surface area contributed by atoms with Crippen LogP contribution < -0.4 is 25.4 Å². The molecule has 3 N–H and O–H groups in total. The molecular weight excluding hydrogens is 654 g/mol. The fourth-order valence-electron chi connectivity index (χ4n) is 4.28. The van der Waals surface area contributed by atoms with Gasteiger partial charge in [0.25, 0.3) is 5.91 Å². The number of nitrogens with one attached hydrogen (secondary N) is 3. The predicted octanol–water partition coefficient (Wildman–Crippen LogP) is 7.69. The van der Waals surface area contributed by atoms with Gasteiger partial charge in [0.1, 0.15) is 11.5 Å². The van der Waals surface area contributed by atoms with E-state index in [-0.39, 0.29) is 27.0 Å². The summed E-state index contributed by atoms with van der Waals surface area (Å²) in [5, 5.41) is 6.85. The van der Waals surface area contributed by atoms with Crippen LogP contribution >= 0.6 is 23.2 Å². The van der Waals surface area contributed by atoms with Crippen LogP contribution in [0.15, 0.2) is 54.6 Å². The molecule has 0 fully saturated rings. The van der Waals surface area contributed by atoms with Gasteiger partial charge >= 0.3 is 18.4 Å². The number of alkyl halides is 3. The molecule has 0 saturated carbocycles. The molecular formula is C31H32Cl2F3N3O7. The van der Waals surface area contributed by atoms with Crippen molar-refractivity contribution in [1.29, 1.82) is 0 Å². The lowest BCUT2D eigenvalue weighted by Crippen LogP contribution is -2.51. The quantitative estimate of drug-likeness (QED) is 0.187. The second kappa shape index (κ2) is 14.9. The molecule has 3 amide bonds. The lowest BCUT2D eigenvalue weighted by atomic mass is 10.0. The summed E-state index contributed by atoms with van der Waals surface area (Å²) in [4.78, 5) is 39.4. The number of halogens is 5. The highest BCUT2D eigenvalue weighted by atomic mass is 35.5. The molecule has 0 aromatic heterocycles. The number of benzene rings is 3. The van der Waals surface area contributed by atoms with E-state index in [4.69, 9.17) is 37.4 Å². The standard InChI is InChI=1S/C31H32Cl2F3N3O7/c1-16(45-30(2,3)4)25(28(41)44-6)38-27(40)21-12-9-18(17-7-10-19(43-5)11-8-17)13-24(21)37-29(42)39-26-22(32)14-20(15-23(26)33)46-31(34,35)36/h7-16,25H,1-6H3,(H,38,40)(H2,37,39,42)/t16?,25-/m0/s1. The van der Waals surface area contributed by atoms with E-state index in [0.29, 0.717) is 16.9 Å². The molecule has 0 spiro atoms. The highest BCUT2D eigenvalue weighted by Crippen LogP contribution is 2.37. The SMILES string of the molecule is COC(=O)[C@@H](NC(=O)c1ccc(-c2ccc(OC)cc2)cc1NC(=O)Nc1c(Cl)cc(OC(F)(F)F)cc1Cl)C(C)OC(C)(C)C. The maximum absolute atomic E-state index is 13.6. The van der Waals surface area contributed by atoms with Gasteiger partial charge in [0.15, 0.2) is 6.04 Å². The number of carbonyl (C=O) groups excluding carboxylic acids is 3. The molecule has 3 aromatic carbocycles. The second-order valence-electron chi connectivity index (χ2n) is 10.8. The number of carbonyl (C=O) groups is 3. The fraction of sp³-hybridized carbons (Fsp3) is 0.323. The van der Waals surface area contributed by atoms with Crippen LogP contribution in [-0.2, 0) is 14.3 Å². The van der Waals surface area contributed by atoms with Crippen LogP contribution in [0.3, 0.4) is 0 Å². The number of esters is 1. The Bertz CT molecular complexity index is 1560. The first-order valence-electron chi connectivity index (χ1n) is 13.6. The Balaban J connectivity index is 1.97. The van der Waals surface area contributed by atoms with Crippen LogP contribution in [0.4, 0.5) is 29.3 Å². The van der Waals surface area contributed by atoms with Crippen molar-refractivity contribution in [3.05, 3.63) is 70.2 Å². The fourth-order valence-corrected chi connectivity index (χ4v) is 4.84. The Labute approximate surface area is 273 Å². The van der Waals surface area contributed by atoms with Crippen molar-refractivity contribution in [2.75, 3.05) is 24.9 Å². The minimum atomic E-state index is -4.99. The Kier molecular flexibility index (Phi) is 11.8. The Hall–Kier alpha value is -4.20. The van der Waals surface area contributed by atoms with Gasteiger partial charge in [-0.3, -0.25) is 4.79 Å². The molecule has 1 unspecified atom stereocenters. The van der Waals surface area contributed by atoms with E-state index in [1.54, 1.807) is 58.0 Å². The van der Waals surface area contributed by atoms with Gasteiger partial charge in [-0.15, -0.1) is 13.2 Å². The maximum Gasteiger partial charge on any atom is 0.573 e. The van der Waals surface area contributed by atoms with Gasteiger partial charge in [0.2, 0.25) is 0 Å². The van der Waals surface area contributed by atoms with E-state index in [0.717, 1.165) is 12.1 Å². The molecule has 15 heteroatoms. The summed E-state index contributed by atoms with van der Waals surface area (Å²) < 4.78 is 57.8. The molecule has 0 aliphatic rings. The van der Waals surface area contributed by atoms with Crippen LogP contribution in [0, 0.1) is 0 Å². The van der Waals surface area contributed by atoms with Gasteiger partial charge in [-0.25, -0.2) is 9.59 Å². The molecule has 2 atom stereocenters. The van der Waals surface area contributed by atoms with E-state index in [1.807, 2.05) is 0 Å². The minimum absolute atomic E-state index is 0.000552. The van der Waals surface area contributed by atoms with Crippen LogP contribution in [0.5, 0.6) is 11.5 Å². The third kappa shape index (κ3) is 10.2. The van der Waals surface area contributed by atoms with Gasteiger partial charge in [-0.1, -0.05) is 41.4 Å². The minimum Gasteiger partial charge on any atom is -0.497 e. The van der Waals surface area contributed by atoms with Gasteiger partial charge in [0, 0.05) is 12.1 Å². The number of rotatable bonds is 10. The molecule has 3 rings (SSSR count). The summed E-state index contributed by atoms with van der Waals surface area (Å²) in [6, 6.07) is 11.1. The number of anilines is 2. The monoisotopic (exact) mass is 685 g/mol. The Morgan fingerprint density at radius 1 is 0.826 bits per heavy atom. The lowest BCUT2D eigenvalue weighted by Gasteiger charge is -2.30. The van der Waals surface area contributed by atoms with Crippen molar-refractivity contribution in [2.24, 2.45) is 0 Å². The van der Waals surface area contributed by atoms with Gasteiger partial charge in [0.05, 0.1) is 52.9 Å². The van der Waals surface area contributed by atoms with E-state index in [9.17, 15) is 27.6 Å².